The summed E-state index contributed by atoms with van der Waals surface area (Å²) in [6.07, 6.45) is 0.552. The molecule has 0 spiro atoms. The van der Waals surface area contributed by atoms with E-state index >= 15 is 0 Å². The van der Waals surface area contributed by atoms with E-state index in [1.807, 2.05) is 24.3 Å². The number of primary amides is 1. The third kappa shape index (κ3) is 5.23. The van der Waals surface area contributed by atoms with E-state index in [2.05, 4.69) is 34.3 Å². The first-order valence-corrected chi connectivity index (χ1v) is 9.74. The molecule has 8 nitrogen and oxygen atoms in total. The number of hydrogen-bond donors (Lipinski definition) is 2. The number of anilines is 1. The van der Waals surface area contributed by atoms with E-state index in [0.717, 1.165) is 5.56 Å². The van der Waals surface area contributed by atoms with Crippen molar-refractivity contribution in [3.8, 4) is 11.4 Å². The Morgan fingerprint density at radius 3 is 2.64 bits per heavy atom. The van der Waals surface area contributed by atoms with Gasteiger partial charge in [-0.15, -0.1) is 11.3 Å². The Morgan fingerprint density at radius 2 is 1.96 bits per heavy atom. The summed E-state index contributed by atoms with van der Waals surface area (Å²) in [4.78, 5) is 31.4. The van der Waals surface area contributed by atoms with E-state index in [9.17, 15) is 9.59 Å². The van der Waals surface area contributed by atoms with E-state index < -0.39 is 5.91 Å². The highest BCUT2D eigenvalue weighted by molar-refractivity contribution is 7.13. The SMILES string of the molecule is CC(C)c1ccc(-c2noc(CCC(=O)Nc3nc(CC(N)=O)cs3)n2)cc1. The molecule has 9 heteroatoms. The molecule has 2 aromatic heterocycles. The maximum Gasteiger partial charge on any atom is 0.227 e. The van der Waals surface area contributed by atoms with Gasteiger partial charge >= 0.3 is 0 Å². The molecule has 0 aliphatic carbocycles. The summed E-state index contributed by atoms with van der Waals surface area (Å²) < 4.78 is 5.24. The molecular formula is C19H21N5O3S. The number of rotatable bonds is 8. The minimum atomic E-state index is -0.464. The molecule has 0 unspecified atom stereocenters. The van der Waals surface area contributed by atoms with Gasteiger partial charge in [0.05, 0.1) is 12.1 Å². The third-order valence-corrected chi connectivity index (χ3v) is 4.83. The van der Waals surface area contributed by atoms with Crippen LogP contribution in [0.15, 0.2) is 34.2 Å². The Hall–Kier alpha value is -3.07. The highest BCUT2D eigenvalue weighted by atomic mass is 32.1. The number of carbonyl (C=O) groups excluding carboxylic acids is 2. The average Bonchev–Trinajstić information content (AvgIpc) is 3.29. The van der Waals surface area contributed by atoms with Crippen molar-refractivity contribution in [1.29, 1.82) is 0 Å². The van der Waals surface area contributed by atoms with Crippen molar-refractivity contribution >= 4 is 28.3 Å². The molecule has 28 heavy (non-hydrogen) atoms. The molecule has 0 aliphatic heterocycles. The molecule has 0 saturated heterocycles. The Bertz CT molecular complexity index is 962. The average molecular weight is 399 g/mol. The van der Waals surface area contributed by atoms with E-state index in [0.29, 0.717) is 34.9 Å². The van der Waals surface area contributed by atoms with Gasteiger partial charge in [-0.25, -0.2) is 4.98 Å². The van der Waals surface area contributed by atoms with Gasteiger partial charge in [-0.05, 0) is 11.5 Å². The normalized spacial score (nSPS) is 11.0. The molecule has 3 rings (SSSR count). The number of nitrogens with zero attached hydrogens (tertiary/aromatic N) is 3. The fourth-order valence-corrected chi connectivity index (χ4v) is 3.24. The second-order valence-corrected chi connectivity index (χ2v) is 7.48. The summed E-state index contributed by atoms with van der Waals surface area (Å²) in [7, 11) is 0. The van der Waals surface area contributed by atoms with Crippen LogP contribution in [-0.4, -0.2) is 26.9 Å². The zero-order chi connectivity index (χ0) is 20.1. The van der Waals surface area contributed by atoms with Crippen LogP contribution in [0.3, 0.4) is 0 Å². The van der Waals surface area contributed by atoms with Crippen LogP contribution in [0.2, 0.25) is 0 Å². The summed E-state index contributed by atoms with van der Waals surface area (Å²) in [6, 6.07) is 8.01. The molecule has 2 amide bonds. The second-order valence-electron chi connectivity index (χ2n) is 6.62. The Kier molecular flexibility index (Phi) is 6.15. The molecule has 2 heterocycles. The van der Waals surface area contributed by atoms with Crippen molar-refractivity contribution in [2.45, 2.75) is 39.0 Å². The molecule has 0 fully saturated rings. The number of benzene rings is 1. The highest BCUT2D eigenvalue weighted by Gasteiger charge is 2.13. The van der Waals surface area contributed by atoms with Crippen molar-refractivity contribution in [2.24, 2.45) is 5.73 Å². The summed E-state index contributed by atoms with van der Waals surface area (Å²) in [5.74, 6) is 0.668. The van der Waals surface area contributed by atoms with Crippen LogP contribution in [0, 0.1) is 0 Å². The van der Waals surface area contributed by atoms with Crippen LogP contribution in [0.1, 0.15) is 43.3 Å². The van der Waals surface area contributed by atoms with Crippen molar-refractivity contribution in [3.05, 3.63) is 46.8 Å². The molecule has 0 bridgehead atoms. The van der Waals surface area contributed by atoms with Crippen LogP contribution in [0.4, 0.5) is 5.13 Å². The van der Waals surface area contributed by atoms with Crippen LogP contribution >= 0.6 is 11.3 Å². The maximum absolute atomic E-state index is 12.1. The maximum atomic E-state index is 12.1. The van der Waals surface area contributed by atoms with E-state index in [-0.39, 0.29) is 18.7 Å². The second kappa shape index (κ2) is 8.75. The molecule has 0 atom stereocenters. The van der Waals surface area contributed by atoms with Gasteiger partial charge < -0.3 is 15.6 Å². The van der Waals surface area contributed by atoms with Gasteiger partial charge in [0, 0.05) is 23.8 Å². The van der Waals surface area contributed by atoms with E-state index in [1.54, 1.807) is 5.38 Å². The lowest BCUT2D eigenvalue weighted by Crippen LogP contribution is -2.14. The third-order valence-electron chi connectivity index (χ3n) is 4.02. The van der Waals surface area contributed by atoms with E-state index in [4.69, 9.17) is 10.3 Å². The smallest absolute Gasteiger partial charge is 0.227 e. The zero-order valence-electron chi connectivity index (χ0n) is 15.6. The quantitative estimate of drug-likeness (QED) is 0.600. The lowest BCUT2D eigenvalue weighted by molar-refractivity contribution is -0.117. The number of amides is 2. The van der Waals surface area contributed by atoms with Crippen LogP contribution in [0.25, 0.3) is 11.4 Å². The fourth-order valence-electron chi connectivity index (χ4n) is 2.52. The fraction of sp³-hybridized carbons (Fsp3) is 0.316. The van der Waals surface area contributed by atoms with Gasteiger partial charge in [-0.2, -0.15) is 4.98 Å². The molecular weight excluding hydrogens is 378 g/mol. The first-order chi connectivity index (χ1) is 13.4. The topological polar surface area (TPSA) is 124 Å². The number of aromatic nitrogens is 3. The predicted molar refractivity (Wildman–Crippen MR) is 106 cm³/mol. The van der Waals surface area contributed by atoms with Crippen LogP contribution < -0.4 is 11.1 Å². The van der Waals surface area contributed by atoms with Gasteiger partial charge in [0.15, 0.2) is 5.13 Å². The molecule has 0 aliphatic rings. The zero-order valence-corrected chi connectivity index (χ0v) is 16.5. The van der Waals surface area contributed by atoms with Crippen molar-refractivity contribution in [1.82, 2.24) is 15.1 Å². The van der Waals surface area contributed by atoms with Gasteiger partial charge in [-0.3, -0.25) is 9.59 Å². The van der Waals surface area contributed by atoms with Crippen LogP contribution in [0.5, 0.6) is 0 Å². The number of thiazole rings is 1. The highest BCUT2D eigenvalue weighted by Crippen LogP contribution is 2.21. The first-order valence-electron chi connectivity index (χ1n) is 8.86. The standard InChI is InChI=1S/C19H21N5O3S/c1-11(2)12-3-5-13(6-4-12)18-23-17(27-24-18)8-7-16(26)22-19-21-14(10-28-19)9-15(20)25/h3-6,10-11H,7-9H2,1-2H3,(H2,20,25)(H,21,22,26). The Labute approximate surface area is 166 Å². The summed E-state index contributed by atoms with van der Waals surface area (Å²) >= 11 is 1.24. The van der Waals surface area contributed by atoms with Crippen molar-refractivity contribution in [3.63, 3.8) is 0 Å². The predicted octanol–water partition coefficient (Wildman–Crippen LogP) is 2.92. The largest absolute Gasteiger partial charge is 0.369 e. The van der Waals surface area contributed by atoms with Gasteiger partial charge in [0.1, 0.15) is 0 Å². The molecule has 1 aromatic carbocycles. The minimum Gasteiger partial charge on any atom is -0.369 e. The summed E-state index contributed by atoms with van der Waals surface area (Å²) in [5.41, 5.74) is 7.78. The molecule has 146 valence electrons. The van der Waals surface area contributed by atoms with Gasteiger partial charge in [0.2, 0.25) is 23.5 Å². The minimum absolute atomic E-state index is 0.0509. The molecule has 3 N–H and O–H groups in total. The number of nitrogens with one attached hydrogen (secondary N) is 1. The van der Waals surface area contributed by atoms with Crippen molar-refractivity contribution < 1.29 is 14.1 Å². The summed E-state index contributed by atoms with van der Waals surface area (Å²) in [6.45, 7) is 4.27. The van der Waals surface area contributed by atoms with Gasteiger partial charge in [-0.1, -0.05) is 43.3 Å². The number of carbonyl (C=O) groups is 2. The van der Waals surface area contributed by atoms with Crippen LogP contribution in [-0.2, 0) is 22.4 Å². The Balaban J connectivity index is 1.53. The number of nitrogens with two attached hydrogens (primary N) is 1. The molecule has 0 saturated carbocycles. The van der Waals surface area contributed by atoms with Crippen molar-refractivity contribution in [2.75, 3.05) is 5.32 Å². The number of hydrogen-bond acceptors (Lipinski definition) is 7. The molecule has 0 radical (unpaired) electrons. The molecule has 3 aromatic rings. The number of aryl methyl sites for hydroxylation is 1. The summed E-state index contributed by atoms with van der Waals surface area (Å²) in [5, 5.41) is 8.79. The lowest BCUT2D eigenvalue weighted by atomic mass is 10.0. The monoisotopic (exact) mass is 399 g/mol. The lowest BCUT2D eigenvalue weighted by Gasteiger charge is -2.04. The van der Waals surface area contributed by atoms with Gasteiger partial charge in [0.25, 0.3) is 0 Å². The Morgan fingerprint density at radius 1 is 1.21 bits per heavy atom. The van der Waals surface area contributed by atoms with E-state index in [1.165, 1.54) is 16.9 Å². The first kappa shape index (κ1) is 19.7.